The third kappa shape index (κ3) is 4.45. The van der Waals surface area contributed by atoms with E-state index >= 15 is 0 Å². The molecule has 9 aromatic rings. The van der Waals surface area contributed by atoms with E-state index in [1.165, 1.54) is 16.3 Å². The van der Waals surface area contributed by atoms with Gasteiger partial charge in [-0.15, -0.1) is 0 Å². The van der Waals surface area contributed by atoms with Gasteiger partial charge >= 0.3 is 0 Å². The molecule has 0 radical (unpaired) electrons. The third-order valence-electron chi connectivity index (χ3n) is 8.66. The summed E-state index contributed by atoms with van der Waals surface area (Å²) in [7, 11) is 0. The molecule has 3 heteroatoms. The highest BCUT2D eigenvalue weighted by Gasteiger charge is 2.15. The number of hydrogen-bond acceptors (Lipinski definition) is 3. The molecule has 0 aliphatic heterocycles. The van der Waals surface area contributed by atoms with Crippen LogP contribution in [0.1, 0.15) is 0 Å². The van der Waals surface area contributed by atoms with Gasteiger partial charge in [0.15, 0.2) is 5.82 Å². The van der Waals surface area contributed by atoms with Gasteiger partial charge in [0.1, 0.15) is 11.2 Å². The van der Waals surface area contributed by atoms with Crippen molar-refractivity contribution in [3.05, 3.63) is 158 Å². The van der Waals surface area contributed by atoms with Gasteiger partial charge in [0, 0.05) is 32.8 Å². The molecule has 45 heavy (non-hydrogen) atoms. The van der Waals surface area contributed by atoms with Crippen LogP contribution in [0.15, 0.2) is 162 Å². The van der Waals surface area contributed by atoms with Crippen LogP contribution in [0, 0.1) is 0 Å². The SMILES string of the molecule is c1ccc(-c2cccc(-c3cc(-c4ccc5ccccc5c4)nc(-c4ccc5oc6c7ccccc7ccc6c5c4)n3)c2)cc1. The molecule has 0 aliphatic rings. The highest BCUT2D eigenvalue weighted by Crippen LogP contribution is 2.37. The van der Waals surface area contributed by atoms with Gasteiger partial charge in [0.05, 0.1) is 11.4 Å². The lowest BCUT2D eigenvalue weighted by Gasteiger charge is -2.11. The highest BCUT2D eigenvalue weighted by atomic mass is 16.3. The lowest BCUT2D eigenvalue weighted by atomic mass is 10.00. The van der Waals surface area contributed by atoms with Crippen molar-refractivity contribution >= 4 is 43.5 Å². The topological polar surface area (TPSA) is 38.9 Å². The van der Waals surface area contributed by atoms with Crippen molar-refractivity contribution in [1.29, 1.82) is 0 Å². The molecule has 3 nitrogen and oxygen atoms in total. The fourth-order valence-corrected chi connectivity index (χ4v) is 6.35. The Morgan fingerprint density at radius 1 is 0.356 bits per heavy atom. The summed E-state index contributed by atoms with van der Waals surface area (Å²) < 4.78 is 6.40. The molecule has 0 saturated heterocycles. The summed E-state index contributed by atoms with van der Waals surface area (Å²) >= 11 is 0. The summed E-state index contributed by atoms with van der Waals surface area (Å²) in [5.74, 6) is 0.679. The lowest BCUT2D eigenvalue weighted by Crippen LogP contribution is -1.96. The lowest BCUT2D eigenvalue weighted by molar-refractivity contribution is 0.672. The van der Waals surface area contributed by atoms with Gasteiger partial charge in [-0.2, -0.15) is 0 Å². The highest BCUT2D eigenvalue weighted by molar-refractivity contribution is 6.15. The van der Waals surface area contributed by atoms with Crippen LogP contribution in [-0.4, -0.2) is 9.97 Å². The molecule has 210 valence electrons. The first-order chi connectivity index (χ1) is 22.3. The summed E-state index contributed by atoms with van der Waals surface area (Å²) in [4.78, 5) is 10.3. The Hall–Kier alpha value is -6.06. The van der Waals surface area contributed by atoms with Gasteiger partial charge in [0.25, 0.3) is 0 Å². The van der Waals surface area contributed by atoms with Gasteiger partial charge < -0.3 is 4.42 Å². The predicted molar refractivity (Wildman–Crippen MR) is 186 cm³/mol. The molecule has 0 atom stereocenters. The Kier molecular flexibility index (Phi) is 5.82. The van der Waals surface area contributed by atoms with Gasteiger partial charge in [-0.25, -0.2) is 9.97 Å². The largest absolute Gasteiger partial charge is 0.455 e. The Balaban J connectivity index is 1.24. The van der Waals surface area contributed by atoms with E-state index in [2.05, 4.69) is 146 Å². The monoisotopic (exact) mass is 574 g/mol. The molecule has 9 rings (SSSR count). The van der Waals surface area contributed by atoms with Crippen molar-refractivity contribution in [2.45, 2.75) is 0 Å². The average Bonchev–Trinajstić information content (AvgIpc) is 3.50. The van der Waals surface area contributed by atoms with Gasteiger partial charge in [0.2, 0.25) is 0 Å². The summed E-state index contributed by atoms with van der Waals surface area (Å²) in [6.07, 6.45) is 0. The molecule has 0 aliphatic carbocycles. The molecule has 2 heterocycles. The number of benzene rings is 7. The summed E-state index contributed by atoms with van der Waals surface area (Å²) in [6, 6.07) is 55.0. The smallest absolute Gasteiger partial charge is 0.160 e. The van der Waals surface area contributed by atoms with Gasteiger partial charge in [-0.05, 0) is 69.8 Å². The Bertz CT molecular complexity index is 2550. The van der Waals surface area contributed by atoms with E-state index in [4.69, 9.17) is 14.4 Å². The average molecular weight is 575 g/mol. The van der Waals surface area contributed by atoms with Crippen LogP contribution < -0.4 is 0 Å². The zero-order chi connectivity index (χ0) is 29.7. The van der Waals surface area contributed by atoms with Crippen molar-refractivity contribution in [2.75, 3.05) is 0 Å². The van der Waals surface area contributed by atoms with Crippen LogP contribution in [0.4, 0.5) is 0 Å². The molecule has 0 fully saturated rings. The maximum Gasteiger partial charge on any atom is 0.160 e. The number of hydrogen-bond donors (Lipinski definition) is 0. The Labute approximate surface area is 260 Å². The van der Waals surface area contributed by atoms with Crippen molar-refractivity contribution in [2.24, 2.45) is 0 Å². The molecule has 0 saturated carbocycles. The van der Waals surface area contributed by atoms with Crippen LogP contribution in [-0.2, 0) is 0 Å². The molecule has 0 bridgehead atoms. The van der Waals surface area contributed by atoms with Crippen LogP contribution in [0.3, 0.4) is 0 Å². The van der Waals surface area contributed by atoms with Gasteiger partial charge in [-0.1, -0.05) is 115 Å². The molecule has 0 N–H and O–H groups in total. The number of fused-ring (bicyclic) bond motifs is 6. The van der Waals surface area contributed by atoms with Crippen LogP contribution in [0.2, 0.25) is 0 Å². The van der Waals surface area contributed by atoms with E-state index in [0.717, 1.165) is 66.4 Å². The summed E-state index contributed by atoms with van der Waals surface area (Å²) in [5.41, 5.74) is 8.89. The zero-order valence-electron chi connectivity index (χ0n) is 24.3. The van der Waals surface area contributed by atoms with Crippen molar-refractivity contribution < 1.29 is 4.42 Å². The molecule has 2 aromatic heterocycles. The minimum atomic E-state index is 0.679. The second kappa shape index (κ2) is 10.3. The second-order valence-corrected chi connectivity index (χ2v) is 11.4. The number of aromatic nitrogens is 2. The van der Waals surface area contributed by atoms with E-state index in [1.54, 1.807) is 0 Å². The fraction of sp³-hybridized carbons (Fsp3) is 0. The zero-order valence-corrected chi connectivity index (χ0v) is 24.3. The minimum absolute atomic E-state index is 0.679. The van der Waals surface area contributed by atoms with Crippen molar-refractivity contribution in [3.63, 3.8) is 0 Å². The second-order valence-electron chi connectivity index (χ2n) is 11.4. The van der Waals surface area contributed by atoms with E-state index in [1.807, 2.05) is 12.1 Å². The standard InChI is InChI=1S/C42H26N2O/c1-2-9-27(10-3-1)31-14-8-15-32(23-31)38-26-39(33-18-17-28-11-4-5-13-30(28)24-33)44-42(43-38)34-20-22-40-37(25-34)36-21-19-29-12-6-7-16-35(29)41(36)45-40/h1-26H. The van der Waals surface area contributed by atoms with E-state index in [9.17, 15) is 0 Å². The molecular weight excluding hydrogens is 548 g/mol. The maximum atomic E-state index is 6.40. The summed E-state index contributed by atoms with van der Waals surface area (Å²) in [6.45, 7) is 0. The number of furan rings is 1. The van der Waals surface area contributed by atoms with Crippen LogP contribution in [0.25, 0.3) is 88.5 Å². The first-order valence-electron chi connectivity index (χ1n) is 15.2. The Morgan fingerprint density at radius 2 is 1.02 bits per heavy atom. The fourth-order valence-electron chi connectivity index (χ4n) is 6.35. The van der Waals surface area contributed by atoms with Crippen LogP contribution in [0.5, 0.6) is 0 Å². The van der Waals surface area contributed by atoms with Crippen LogP contribution >= 0.6 is 0 Å². The first-order valence-corrected chi connectivity index (χ1v) is 15.2. The molecule has 0 spiro atoms. The van der Waals surface area contributed by atoms with E-state index in [0.29, 0.717) is 5.82 Å². The predicted octanol–water partition coefficient (Wildman–Crippen LogP) is 11.4. The number of nitrogens with zero attached hydrogens (tertiary/aromatic N) is 2. The van der Waals surface area contributed by atoms with E-state index < -0.39 is 0 Å². The van der Waals surface area contributed by atoms with Gasteiger partial charge in [-0.3, -0.25) is 0 Å². The quantitative estimate of drug-likeness (QED) is 0.210. The third-order valence-corrected chi connectivity index (χ3v) is 8.66. The van der Waals surface area contributed by atoms with Crippen molar-refractivity contribution in [3.8, 4) is 45.0 Å². The number of rotatable bonds is 4. The summed E-state index contributed by atoms with van der Waals surface area (Å²) in [5, 5.41) is 6.81. The molecule has 0 unspecified atom stereocenters. The minimum Gasteiger partial charge on any atom is -0.455 e. The Morgan fingerprint density at radius 3 is 1.89 bits per heavy atom. The maximum absolute atomic E-state index is 6.40. The molecule has 7 aromatic carbocycles. The normalized spacial score (nSPS) is 11.6. The van der Waals surface area contributed by atoms with Crippen molar-refractivity contribution in [1.82, 2.24) is 9.97 Å². The molecule has 0 amide bonds. The molecular formula is C42H26N2O. The first kappa shape index (κ1) is 25.4. The van der Waals surface area contributed by atoms with E-state index in [-0.39, 0.29) is 0 Å².